The SMILES string of the molecule is CNCc1cc(S(=O)(=O)NC(C)CC2CC2)c(Br)o1. The number of halogens is 1. The first-order valence-electron chi connectivity index (χ1n) is 6.37. The highest BCUT2D eigenvalue weighted by molar-refractivity contribution is 9.10. The number of hydrogen-bond acceptors (Lipinski definition) is 4. The molecule has 0 spiro atoms. The van der Waals surface area contributed by atoms with Gasteiger partial charge < -0.3 is 9.73 Å². The zero-order valence-electron chi connectivity index (χ0n) is 11.1. The van der Waals surface area contributed by atoms with E-state index in [1.165, 1.54) is 12.8 Å². The molecule has 1 aliphatic rings. The standard InChI is InChI=1S/C12H19BrN2O3S/c1-8(5-9-3-4-9)15-19(16,17)11-6-10(7-14-2)18-12(11)13/h6,8-9,14-15H,3-5,7H2,1-2H3. The summed E-state index contributed by atoms with van der Waals surface area (Å²) in [6.45, 7) is 2.39. The molecular formula is C12H19BrN2O3S. The zero-order valence-corrected chi connectivity index (χ0v) is 13.5. The van der Waals surface area contributed by atoms with E-state index in [0.717, 1.165) is 6.42 Å². The summed E-state index contributed by atoms with van der Waals surface area (Å²) in [4.78, 5) is 0.167. The maximum absolute atomic E-state index is 12.3. The molecule has 2 rings (SSSR count). The van der Waals surface area contributed by atoms with Crippen LogP contribution in [0, 0.1) is 5.92 Å². The average Bonchev–Trinajstić information content (AvgIpc) is 3.00. The summed E-state index contributed by atoms with van der Waals surface area (Å²) < 4.78 is 32.8. The lowest BCUT2D eigenvalue weighted by atomic mass is 10.2. The van der Waals surface area contributed by atoms with Crippen LogP contribution in [0.4, 0.5) is 0 Å². The summed E-state index contributed by atoms with van der Waals surface area (Å²) in [5, 5.41) is 2.92. The molecule has 5 nitrogen and oxygen atoms in total. The molecule has 0 bridgehead atoms. The molecule has 1 atom stereocenters. The largest absolute Gasteiger partial charge is 0.452 e. The summed E-state index contributed by atoms with van der Waals surface area (Å²) in [7, 11) is -1.75. The molecule has 1 aliphatic carbocycles. The molecule has 7 heteroatoms. The van der Waals surface area contributed by atoms with Gasteiger partial charge in [-0.2, -0.15) is 0 Å². The third kappa shape index (κ3) is 4.05. The lowest BCUT2D eigenvalue weighted by molar-refractivity contribution is 0.469. The van der Waals surface area contributed by atoms with Crippen molar-refractivity contribution in [2.75, 3.05) is 7.05 Å². The monoisotopic (exact) mass is 350 g/mol. The Kier molecular flexibility index (Phi) is 4.70. The molecular weight excluding hydrogens is 332 g/mol. The van der Waals surface area contributed by atoms with Crippen molar-refractivity contribution in [2.24, 2.45) is 5.92 Å². The predicted octanol–water partition coefficient (Wildman–Crippen LogP) is 2.23. The number of hydrogen-bond donors (Lipinski definition) is 2. The second-order valence-corrected chi connectivity index (χ2v) is 7.49. The second kappa shape index (κ2) is 5.95. The minimum Gasteiger partial charge on any atom is -0.452 e. The van der Waals surface area contributed by atoms with Crippen LogP contribution in [0.5, 0.6) is 0 Å². The van der Waals surface area contributed by atoms with Gasteiger partial charge in [-0.3, -0.25) is 0 Å². The third-order valence-electron chi connectivity index (χ3n) is 3.09. The molecule has 19 heavy (non-hydrogen) atoms. The van der Waals surface area contributed by atoms with E-state index in [1.807, 2.05) is 6.92 Å². The Bertz CT molecular complexity index is 537. The second-order valence-electron chi connectivity index (χ2n) is 5.08. The van der Waals surface area contributed by atoms with Gasteiger partial charge in [-0.25, -0.2) is 13.1 Å². The Morgan fingerprint density at radius 1 is 1.53 bits per heavy atom. The Morgan fingerprint density at radius 2 is 2.21 bits per heavy atom. The van der Waals surface area contributed by atoms with Gasteiger partial charge in [0.05, 0.1) is 6.54 Å². The molecule has 2 N–H and O–H groups in total. The van der Waals surface area contributed by atoms with Gasteiger partial charge in [0.2, 0.25) is 10.0 Å². The Morgan fingerprint density at radius 3 is 2.79 bits per heavy atom. The van der Waals surface area contributed by atoms with Crippen molar-refractivity contribution in [1.29, 1.82) is 0 Å². The zero-order chi connectivity index (χ0) is 14.0. The van der Waals surface area contributed by atoms with E-state index >= 15 is 0 Å². The Hall–Kier alpha value is -0.370. The van der Waals surface area contributed by atoms with Gasteiger partial charge in [-0.1, -0.05) is 12.8 Å². The van der Waals surface area contributed by atoms with Crippen molar-refractivity contribution in [3.8, 4) is 0 Å². The molecule has 1 aromatic rings. The van der Waals surface area contributed by atoms with Crippen LogP contribution in [0.25, 0.3) is 0 Å². The van der Waals surface area contributed by atoms with Crippen molar-refractivity contribution in [3.63, 3.8) is 0 Å². The number of rotatable bonds is 7. The van der Waals surface area contributed by atoms with E-state index in [2.05, 4.69) is 26.0 Å². The van der Waals surface area contributed by atoms with Gasteiger partial charge in [0.15, 0.2) is 4.67 Å². The summed E-state index contributed by atoms with van der Waals surface area (Å²) in [5.41, 5.74) is 0. The predicted molar refractivity (Wildman–Crippen MR) is 76.3 cm³/mol. The lowest BCUT2D eigenvalue weighted by Gasteiger charge is -2.12. The first-order chi connectivity index (χ1) is 8.92. The fourth-order valence-electron chi connectivity index (χ4n) is 2.07. The Balaban J connectivity index is 2.08. The van der Waals surface area contributed by atoms with Gasteiger partial charge in [-0.05, 0) is 42.2 Å². The molecule has 1 aromatic heterocycles. The Labute approximate surface area is 122 Å². The molecule has 0 saturated heterocycles. The molecule has 0 aromatic carbocycles. The molecule has 0 aliphatic heterocycles. The van der Waals surface area contributed by atoms with E-state index in [9.17, 15) is 8.42 Å². The van der Waals surface area contributed by atoms with Crippen molar-refractivity contribution < 1.29 is 12.8 Å². The van der Waals surface area contributed by atoms with Crippen molar-refractivity contribution in [1.82, 2.24) is 10.0 Å². The first kappa shape index (κ1) is 15.0. The van der Waals surface area contributed by atoms with Crippen LogP contribution < -0.4 is 10.0 Å². The highest BCUT2D eigenvalue weighted by Crippen LogP contribution is 2.34. The van der Waals surface area contributed by atoms with Gasteiger partial charge in [0.25, 0.3) is 0 Å². The molecule has 0 amide bonds. The van der Waals surface area contributed by atoms with E-state index in [0.29, 0.717) is 18.2 Å². The quantitative estimate of drug-likeness (QED) is 0.790. The van der Waals surface area contributed by atoms with Gasteiger partial charge in [0.1, 0.15) is 10.7 Å². The van der Waals surface area contributed by atoms with Crippen LogP contribution in [-0.4, -0.2) is 21.5 Å². The first-order valence-corrected chi connectivity index (χ1v) is 8.65. The van der Waals surface area contributed by atoms with Crippen LogP contribution >= 0.6 is 15.9 Å². The molecule has 1 heterocycles. The summed E-state index contributed by atoms with van der Waals surface area (Å²) >= 11 is 3.16. The average molecular weight is 351 g/mol. The number of sulfonamides is 1. The molecule has 1 fully saturated rings. The number of nitrogens with one attached hydrogen (secondary N) is 2. The summed E-state index contributed by atoms with van der Waals surface area (Å²) in [5.74, 6) is 1.27. The summed E-state index contributed by atoms with van der Waals surface area (Å²) in [6, 6.07) is 1.50. The van der Waals surface area contributed by atoms with Crippen molar-refractivity contribution in [2.45, 2.75) is 43.7 Å². The van der Waals surface area contributed by atoms with Gasteiger partial charge in [0, 0.05) is 12.1 Å². The molecule has 0 radical (unpaired) electrons. The van der Waals surface area contributed by atoms with Crippen LogP contribution in [-0.2, 0) is 16.6 Å². The smallest absolute Gasteiger partial charge is 0.245 e. The van der Waals surface area contributed by atoms with Crippen molar-refractivity contribution >= 4 is 26.0 Å². The van der Waals surface area contributed by atoms with Gasteiger partial charge in [-0.15, -0.1) is 0 Å². The third-order valence-corrected chi connectivity index (χ3v) is 5.53. The maximum atomic E-state index is 12.3. The van der Waals surface area contributed by atoms with Crippen LogP contribution in [0.3, 0.4) is 0 Å². The minimum atomic E-state index is -3.52. The number of furan rings is 1. The fourth-order valence-corrected chi connectivity index (χ4v) is 4.33. The van der Waals surface area contributed by atoms with Gasteiger partial charge >= 0.3 is 0 Å². The fraction of sp³-hybridized carbons (Fsp3) is 0.667. The van der Waals surface area contributed by atoms with Crippen LogP contribution in [0.1, 0.15) is 31.9 Å². The maximum Gasteiger partial charge on any atom is 0.245 e. The van der Waals surface area contributed by atoms with E-state index < -0.39 is 10.0 Å². The molecule has 1 saturated carbocycles. The minimum absolute atomic E-state index is 0.0490. The lowest BCUT2D eigenvalue weighted by Crippen LogP contribution is -2.32. The van der Waals surface area contributed by atoms with E-state index in [1.54, 1.807) is 13.1 Å². The van der Waals surface area contributed by atoms with Crippen LogP contribution in [0.2, 0.25) is 0 Å². The molecule has 108 valence electrons. The highest BCUT2D eigenvalue weighted by atomic mass is 79.9. The topological polar surface area (TPSA) is 71.3 Å². The van der Waals surface area contributed by atoms with Crippen LogP contribution in [0.15, 0.2) is 20.0 Å². The van der Waals surface area contributed by atoms with Crippen molar-refractivity contribution in [3.05, 3.63) is 16.5 Å². The van der Waals surface area contributed by atoms with E-state index in [-0.39, 0.29) is 15.6 Å². The highest BCUT2D eigenvalue weighted by Gasteiger charge is 2.28. The normalized spacial score (nSPS) is 17.6. The molecule has 1 unspecified atom stereocenters. The summed E-state index contributed by atoms with van der Waals surface area (Å²) in [6.07, 6.45) is 3.33. The van der Waals surface area contributed by atoms with E-state index in [4.69, 9.17) is 4.42 Å².